The minimum absolute atomic E-state index is 0.222. The second kappa shape index (κ2) is 6.02. The molecule has 1 aliphatic rings. The van der Waals surface area contributed by atoms with E-state index >= 15 is 0 Å². The maximum absolute atomic E-state index is 5.77. The molecule has 3 heterocycles. The van der Waals surface area contributed by atoms with Crippen LogP contribution in [0.2, 0.25) is 0 Å². The van der Waals surface area contributed by atoms with Crippen LogP contribution in [0.15, 0.2) is 34.6 Å². The molecule has 104 valence electrons. The van der Waals surface area contributed by atoms with Gasteiger partial charge in [-0.15, -0.1) is 0 Å². The van der Waals surface area contributed by atoms with Crippen molar-refractivity contribution >= 4 is 23.7 Å². The van der Waals surface area contributed by atoms with E-state index in [2.05, 4.69) is 19.9 Å². The molecular weight excluding hydrogens is 276 g/mol. The van der Waals surface area contributed by atoms with Gasteiger partial charge in [-0.05, 0) is 23.9 Å². The molecule has 1 fully saturated rings. The number of hydrogen-bond acceptors (Lipinski definition) is 8. The van der Waals surface area contributed by atoms with Gasteiger partial charge in [0.05, 0.1) is 13.2 Å². The van der Waals surface area contributed by atoms with Gasteiger partial charge in [-0.2, -0.15) is 15.0 Å². The Morgan fingerprint density at radius 1 is 1.15 bits per heavy atom. The minimum atomic E-state index is 0.222. The maximum Gasteiger partial charge on any atom is 0.231 e. The molecule has 0 spiro atoms. The zero-order valence-electron chi connectivity index (χ0n) is 10.8. The first-order chi connectivity index (χ1) is 9.81. The molecule has 2 aromatic rings. The summed E-state index contributed by atoms with van der Waals surface area (Å²) in [6.45, 7) is 2.87. The van der Waals surface area contributed by atoms with Crippen molar-refractivity contribution in [2.24, 2.45) is 0 Å². The number of ether oxygens (including phenoxy) is 1. The predicted octanol–water partition coefficient (Wildman–Crippen LogP) is 0.837. The van der Waals surface area contributed by atoms with Gasteiger partial charge >= 0.3 is 0 Å². The summed E-state index contributed by atoms with van der Waals surface area (Å²) >= 11 is 1.37. The Kier molecular flexibility index (Phi) is 3.93. The summed E-state index contributed by atoms with van der Waals surface area (Å²) in [5, 5.41) is 1.38. The van der Waals surface area contributed by atoms with Gasteiger partial charge in [-0.1, -0.05) is 6.07 Å². The van der Waals surface area contributed by atoms with Crippen LogP contribution in [0.25, 0.3) is 0 Å². The Hall–Kier alpha value is -1.93. The van der Waals surface area contributed by atoms with E-state index in [1.807, 2.05) is 23.1 Å². The summed E-state index contributed by atoms with van der Waals surface area (Å²) in [6.07, 6.45) is 1.73. The summed E-state index contributed by atoms with van der Waals surface area (Å²) in [5.41, 5.74) is 5.77. The average molecular weight is 290 g/mol. The Bertz CT molecular complexity index is 575. The van der Waals surface area contributed by atoms with Crippen molar-refractivity contribution in [1.29, 1.82) is 0 Å². The Morgan fingerprint density at radius 3 is 2.75 bits per heavy atom. The summed E-state index contributed by atoms with van der Waals surface area (Å²) in [5.74, 6) is 0.819. The molecule has 0 unspecified atom stereocenters. The van der Waals surface area contributed by atoms with Gasteiger partial charge in [0.2, 0.25) is 17.1 Å². The van der Waals surface area contributed by atoms with Crippen LogP contribution in [0, 0.1) is 0 Å². The Labute approximate surface area is 120 Å². The van der Waals surface area contributed by atoms with Gasteiger partial charge in [-0.3, -0.25) is 0 Å². The normalized spacial score (nSPS) is 15.3. The van der Waals surface area contributed by atoms with Gasteiger partial charge in [0.1, 0.15) is 5.03 Å². The summed E-state index contributed by atoms with van der Waals surface area (Å²) in [7, 11) is 0. The van der Waals surface area contributed by atoms with E-state index in [0.29, 0.717) is 24.3 Å². The van der Waals surface area contributed by atoms with Crippen molar-refractivity contribution in [3.05, 3.63) is 24.4 Å². The smallest absolute Gasteiger partial charge is 0.231 e. The molecular formula is C12H14N6OS. The number of nitrogen functional groups attached to an aromatic ring is 1. The van der Waals surface area contributed by atoms with Crippen LogP contribution in [-0.2, 0) is 4.74 Å². The summed E-state index contributed by atoms with van der Waals surface area (Å²) in [4.78, 5) is 19.1. The highest BCUT2D eigenvalue weighted by molar-refractivity contribution is 7.99. The number of anilines is 2. The zero-order chi connectivity index (χ0) is 13.8. The topological polar surface area (TPSA) is 90.0 Å². The molecule has 0 amide bonds. The summed E-state index contributed by atoms with van der Waals surface area (Å²) < 4.78 is 5.32. The molecule has 0 saturated carbocycles. The Balaban J connectivity index is 1.82. The first-order valence-corrected chi connectivity index (χ1v) is 7.06. The van der Waals surface area contributed by atoms with Crippen LogP contribution in [0.5, 0.6) is 0 Å². The van der Waals surface area contributed by atoms with Crippen LogP contribution < -0.4 is 10.6 Å². The number of morpholine rings is 1. The quantitative estimate of drug-likeness (QED) is 0.889. The second-order valence-electron chi connectivity index (χ2n) is 4.15. The molecule has 2 aromatic heterocycles. The van der Waals surface area contributed by atoms with Crippen molar-refractivity contribution in [3.63, 3.8) is 0 Å². The van der Waals surface area contributed by atoms with E-state index < -0.39 is 0 Å². The largest absolute Gasteiger partial charge is 0.378 e. The van der Waals surface area contributed by atoms with Gasteiger partial charge in [0.25, 0.3) is 0 Å². The van der Waals surface area contributed by atoms with Crippen molar-refractivity contribution < 1.29 is 4.74 Å². The van der Waals surface area contributed by atoms with Gasteiger partial charge in [0.15, 0.2) is 0 Å². The molecule has 0 bridgehead atoms. The van der Waals surface area contributed by atoms with Gasteiger partial charge in [0, 0.05) is 19.3 Å². The molecule has 0 atom stereocenters. The van der Waals surface area contributed by atoms with E-state index in [4.69, 9.17) is 10.5 Å². The third-order valence-corrected chi connectivity index (χ3v) is 3.56. The van der Waals surface area contributed by atoms with Gasteiger partial charge in [-0.25, -0.2) is 4.98 Å². The third-order valence-electron chi connectivity index (χ3n) is 2.75. The molecule has 0 aromatic carbocycles. The van der Waals surface area contributed by atoms with Crippen LogP contribution in [0.4, 0.5) is 11.9 Å². The second-order valence-corrected chi connectivity index (χ2v) is 5.13. The molecule has 3 rings (SSSR count). The van der Waals surface area contributed by atoms with E-state index in [0.717, 1.165) is 18.1 Å². The molecule has 20 heavy (non-hydrogen) atoms. The molecule has 8 heteroatoms. The zero-order valence-corrected chi connectivity index (χ0v) is 11.6. The molecule has 0 aliphatic carbocycles. The average Bonchev–Trinajstić information content (AvgIpc) is 2.49. The third kappa shape index (κ3) is 3.14. The van der Waals surface area contributed by atoms with E-state index in [1.54, 1.807) is 6.20 Å². The fourth-order valence-corrected chi connectivity index (χ4v) is 2.53. The monoisotopic (exact) mass is 290 g/mol. The van der Waals surface area contributed by atoms with Gasteiger partial charge < -0.3 is 15.4 Å². The molecule has 2 N–H and O–H groups in total. The minimum Gasteiger partial charge on any atom is -0.378 e. The van der Waals surface area contributed by atoms with Crippen molar-refractivity contribution in [1.82, 2.24) is 19.9 Å². The standard InChI is InChI=1S/C12H14N6OS/c13-10-15-11(18-5-7-19-8-6-18)17-12(16-10)20-9-3-1-2-4-14-9/h1-4H,5-8H2,(H2,13,15,16,17). The first kappa shape index (κ1) is 13.1. The summed E-state index contributed by atoms with van der Waals surface area (Å²) in [6, 6.07) is 5.69. The van der Waals surface area contributed by atoms with E-state index in [-0.39, 0.29) is 5.95 Å². The molecule has 0 radical (unpaired) electrons. The molecule has 7 nitrogen and oxygen atoms in total. The number of nitrogens with zero attached hydrogens (tertiary/aromatic N) is 5. The first-order valence-electron chi connectivity index (χ1n) is 6.24. The lowest BCUT2D eigenvalue weighted by molar-refractivity contribution is 0.122. The van der Waals surface area contributed by atoms with Crippen LogP contribution in [0.3, 0.4) is 0 Å². The van der Waals surface area contributed by atoms with Crippen LogP contribution >= 0.6 is 11.8 Å². The number of hydrogen-bond donors (Lipinski definition) is 1. The highest BCUT2D eigenvalue weighted by Crippen LogP contribution is 2.24. The van der Waals surface area contributed by atoms with Crippen LogP contribution in [0.1, 0.15) is 0 Å². The van der Waals surface area contributed by atoms with Crippen LogP contribution in [-0.4, -0.2) is 46.2 Å². The van der Waals surface area contributed by atoms with Crippen molar-refractivity contribution in [2.45, 2.75) is 10.2 Å². The maximum atomic E-state index is 5.77. The fourth-order valence-electron chi connectivity index (χ4n) is 1.81. The highest BCUT2D eigenvalue weighted by Gasteiger charge is 2.16. The SMILES string of the molecule is Nc1nc(Sc2ccccn2)nc(N2CCOCC2)n1. The number of pyridine rings is 1. The number of aromatic nitrogens is 4. The van der Waals surface area contributed by atoms with Crippen molar-refractivity contribution in [2.75, 3.05) is 36.9 Å². The fraction of sp³-hybridized carbons (Fsp3) is 0.333. The predicted molar refractivity (Wildman–Crippen MR) is 75.6 cm³/mol. The van der Waals surface area contributed by atoms with E-state index in [1.165, 1.54) is 11.8 Å². The van der Waals surface area contributed by atoms with Crippen molar-refractivity contribution in [3.8, 4) is 0 Å². The lowest BCUT2D eigenvalue weighted by Gasteiger charge is -2.26. The Morgan fingerprint density at radius 2 is 2.00 bits per heavy atom. The lowest BCUT2D eigenvalue weighted by atomic mass is 10.4. The number of nitrogens with two attached hydrogens (primary N) is 1. The number of rotatable bonds is 3. The lowest BCUT2D eigenvalue weighted by Crippen LogP contribution is -2.37. The molecule has 1 saturated heterocycles. The van der Waals surface area contributed by atoms with E-state index in [9.17, 15) is 0 Å². The highest BCUT2D eigenvalue weighted by atomic mass is 32.2. The molecule has 1 aliphatic heterocycles.